The standard InChI is InChI=1S/C20H20Cl2N2O2/c1-13-3-7-17(8-4-13)24-12-15(9-19(24)25)20(26)23(2)11-14-5-6-16(21)10-18(14)22/h3-8,10,15H,9,11-12H2,1-2H3. The number of amides is 2. The lowest BCUT2D eigenvalue weighted by Gasteiger charge is -2.22. The molecule has 4 nitrogen and oxygen atoms in total. The molecule has 1 aliphatic rings. The Labute approximate surface area is 163 Å². The number of halogens is 2. The predicted octanol–water partition coefficient (Wildman–Crippen LogP) is 4.31. The van der Waals surface area contributed by atoms with Crippen molar-refractivity contribution in [1.29, 1.82) is 0 Å². The number of hydrogen-bond acceptors (Lipinski definition) is 2. The molecule has 1 fully saturated rings. The van der Waals surface area contributed by atoms with Crippen LogP contribution in [-0.4, -0.2) is 30.3 Å². The van der Waals surface area contributed by atoms with E-state index >= 15 is 0 Å². The van der Waals surface area contributed by atoms with Crippen LogP contribution < -0.4 is 4.90 Å². The zero-order chi connectivity index (χ0) is 18.8. The van der Waals surface area contributed by atoms with E-state index in [-0.39, 0.29) is 24.2 Å². The average molecular weight is 391 g/mol. The third kappa shape index (κ3) is 4.02. The van der Waals surface area contributed by atoms with Gasteiger partial charge in [0.05, 0.1) is 5.92 Å². The maximum Gasteiger partial charge on any atom is 0.228 e. The summed E-state index contributed by atoms with van der Waals surface area (Å²) in [6.07, 6.45) is 0.228. The van der Waals surface area contributed by atoms with Crippen LogP contribution in [0.1, 0.15) is 17.5 Å². The first-order valence-corrected chi connectivity index (χ1v) is 9.16. The number of benzene rings is 2. The van der Waals surface area contributed by atoms with Gasteiger partial charge in [-0.3, -0.25) is 9.59 Å². The number of carbonyl (C=O) groups is 2. The second kappa shape index (κ2) is 7.68. The number of anilines is 1. The van der Waals surface area contributed by atoms with Crippen molar-refractivity contribution in [2.75, 3.05) is 18.5 Å². The van der Waals surface area contributed by atoms with Gasteiger partial charge >= 0.3 is 0 Å². The molecular formula is C20H20Cl2N2O2. The molecule has 1 unspecified atom stereocenters. The number of aryl methyl sites for hydroxylation is 1. The van der Waals surface area contributed by atoms with Crippen molar-refractivity contribution in [2.45, 2.75) is 19.9 Å². The van der Waals surface area contributed by atoms with Gasteiger partial charge in [0.2, 0.25) is 11.8 Å². The molecule has 6 heteroatoms. The maximum atomic E-state index is 12.8. The number of rotatable bonds is 4. The lowest BCUT2D eigenvalue weighted by Crippen LogP contribution is -2.34. The second-order valence-corrected chi connectivity index (χ2v) is 7.51. The number of hydrogen-bond donors (Lipinski definition) is 0. The summed E-state index contributed by atoms with van der Waals surface area (Å²) < 4.78 is 0. The fraction of sp³-hybridized carbons (Fsp3) is 0.300. The van der Waals surface area contributed by atoms with Crippen molar-refractivity contribution in [3.63, 3.8) is 0 Å². The minimum atomic E-state index is -0.347. The van der Waals surface area contributed by atoms with E-state index < -0.39 is 0 Å². The van der Waals surface area contributed by atoms with E-state index in [4.69, 9.17) is 23.2 Å². The third-order valence-corrected chi connectivity index (χ3v) is 5.21. The highest BCUT2D eigenvalue weighted by Gasteiger charge is 2.36. The quantitative estimate of drug-likeness (QED) is 0.779. The van der Waals surface area contributed by atoms with Crippen molar-refractivity contribution in [2.24, 2.45) is 5.92 Å². The molecule has 1 saturated heterocycles. The highest BCUT2D eigenvalue weighted by molar-refractivity contribution is 6.35. The Morgan fingerprint density at radius 1 is 1.19 bits per heavy atom. The van der Waals surface area contributed by atoms with E-state index in [0.717, 1.165) is 16.8 Å². The van der Waals surface area contributed by atoms with Gasteiger partial charge in [0.1, 0.15) is 0 Å². The molecule has 0 spiro atoms. The van der Waals surface area contributed by atoms with Crippen LogP contribution in [-0.2, 0) is 16.1 Å². The predicted molar refractivity (Wildman–Crippen MR) is 105 cm³/mol. The molecule has 2 aromatic carbocycles. The first-order valence-electron chi connectivity index (χ1n) is 8.41. The fourth-order valence-electron chi connectivity index (χ4n) is 3.14. The van der Waals surface area contributed by atoms with Gasteiger partial charge in [-0.2, -0.15) is 0 Å². The molecule has 0 aromatic heterocycles. The smallest absolute Gasteiger partial charge is 0.228 e. The summed E-state index contributed by atoms with van der Waals surface area (Å²) in [6, 6.07) is 13.0. The molecule has 0 aliphatic carbocycles. The van der Waals surface area contributed by atoms with Gasteiger partial charge in [-0.1, -0.05) is 47.0 Å². The minimum absolute atomic E-state index is 0.0230. The summed E-state index contributed by atoms with van der Waals surface area (Å²) in [6.45, 7) is 2.78. The third-order valence-electron chi connectivity index (χ3n) is 4.62. The second-order valence-electron chi connectivity index (χ2n) is 6.67. The fourth-order valence-corrected chi connectivity index (χ4v) is 3.61. The summed E-state index contributed by atoms with van der Waals surface area (Å²) in [7, 11) is 1.73. The Bertz CT molecular complexity index is 836. The number of nitrogens with zero attached hydrogens (tertiary/aromatic N) is 2. The van der Waals surface area contributed by atoms with E-state index in [1.165, 1.54) is 0 Å². The molecule has 2 aromatic rings. The van der Waals surface area contributed by atoms with Gasteiger partial charge in [-0.15, -0.1) is 0 Å². The zero-order valence-corrected chi connectivity index (χ0v) is 16.2. The van der Waals surface area contributed by atoms with Crippen LogP contribution in [0.4, 0.5) is 5.69 Å². The van der Waals surface area contributed by atoms with Crippen molar-refractivity contribution in [3.8, 4) is 0 Å². The molecule has 0 radical (unpaired) electrons. The van der Waals surface area contributed by atoms with Crippen molar-refractivity contribution in [1.82, 2.24) is 4.90 Å². The van der Waals surface area contributed by atoms with Gasteiger partial charge in [0.25, 0.3) is 0 Å². The first kappa shape index (κ1) is 18.7. The summed E-state index contributed by atoms with van der Waals surface area (Å²) in [4.78, 5) is 28.5. The normalized spacial score (nSPS) is 16.8. The largest absolute Gasteiger partial charge is 0.341 e. The van der Waals surface area contributed by atoms with Crippen LogP contribution in [0.5, 0.6) is 0 Å². The molecule has 2 amide bonds. The van der Waals surface area contributed by atoms with Crippen molar-refractivity contribution >= 4 is 40.7 Å². The SMILES string of the molecule is Cc1ccc(N2CC(C(=O)N(C)Cc3ccc(Cl)cc3Cl)CC2=O)cc1. The first-order chi connectivity index (χ1) is 12.3. The molecule has 136 valence electrons. The molecule has 0 bridgehead atoms. The molecule has 1 aliphatic heterocycles. The summed E-state index contributed by atoms with van der Waals surface area (Å²) in [5.74, 6) is -0.427. The van der Waals surface area contributed by atoms with Gasteiger partial charge in [-0.05, 0) is 36.8 Å². The van der Waals surface area contributed by atoms with Crippen LogP contribution in [0.2, 0.25) is 10.0 Å². The van der Waals surface area contributed by atoms with Gasteiger partial charge in [0.15, 0.2) is 0 Å². The number of carbonyl (C=O) groups excluding carboxylic acids is 2. The Kier molecular flexibility index (Phi) is 5.54. The van der Waals surface area contributed by atoms with E-state index in [2.05, 4.69) is 0 Å². The highest BCUT2D eigenvalue weighted by atomic mass is 35.5. The van der Waals surface area contributed by atoms with Crippen LogP contribution in [0.25, 0.3) is 0 Å². The van der Waals surface area contributed by atoms with E-state index in [0.29, 0.717) is 23.1 Å². The average Bonchev–Trinajstić information content (AvgIpc) is 2.99. The monoisotopic (exact) mass is 390 g/mol. The van der Waals surface area contributed by atoms with Crippen LogP contribution in [0.15, 0.2) is 42.5 Å². The van der Waals surface area contributed by atoms with Crippen LogP contribution in [0.3, 0.4) is 0 Å². The zero-order valence-electron chi connectivity index (χ0n) is 14.7. The van der Waals surface area contributed by atoms with Crippen molar-refractivity contribution < 1.29 is 9.59 Å². The van der Waals surface area contributed by atoms with Crippen LogP contribution >= 0.6 is 23.2 Å². The van der Waals surface area contributed by atoms with Gasteiger partial charge in [-0.25, -0.2) is 0 Å². The molecule has 1 heterocycles. The summed E-state index contributed by atoms with van der Waals surface area (Å²) >= 11 is 12.1. The van der Waals surface area contributed by atoms with Gasteiger partial charge in [0, 0.05) is 42.3 Å². The summed E-state index contributed by atoms with van der Waals surface area (Å²) in [5.41, 5.74) is 2.79. The molecule has 26 heavy (non-hydrogen) atoms. The Balaban J connectivity index is 1.68. The van der Waals surface area contributed by atoms with Gasteiger partial charge < -0.3 is 9.80 Å². The highest BCUT2D eigenvalue weighted by Crippen LogP contribution is 2.27. The minimum Gasteiger partial charge on any atom is -0.341 e. The molecular weight excluding hydrogens is 371 g/mol. The Morgan fingerprint density at radius 2 is 1.88 bits per heavy atom. The summed E-state index contributed by atoms with van der Waals surface area (Å²) in [5, 5.41) is 1.09. The molecule has 1 atom stereocenters. The lowest BCUT2D eigenvalue weighted by molar-refractivity contribution is -0.135. The molecule has 0 N–H and O–H groups in total. The van der Waals surface area contributed by atoms with Crippen molar-refractivity contribution in [3.05, 3.63) is 63.6 Å². The molecule has 0 saturated carbocycles. The topological polar surface area (TPSA) is 40.6 Å². The lowest BCUT2D eigenvalue weighted by atomic mass is 10.1. The van der Waals surface area contributed by atoms with E-state index in [1.807, 2.05) is 37.3 Å². The van der Waals surface area contributed by atoms with E-state index in [1.54, 1.807) is 29.0 Å². The maximum absolute atomic E-state index is 12.8. The van der Waals surface area contributed by atoms with E-state index in [9.17, 15) is 9.59 Å². The molecule has 3 rings (SSSR count). The Morgan fingerprint density at radius 3 is 2.54 bits per heavy atom. The Hall–Kier alpha value is -2.04. The van der Waals surface area contributed by atoms with Crippen LogP contribution in [0, 0.1) is 12.8 Å².